The summed E-state index contributed by atoms with van der Waals surface area (Å²) >= 11 is 0. The number of imide groups is 1. The number of carbonyl (C=O) groups excluding carboxylic acids is 2. The van der Waals surface area contributed by atoms with Crippen LogP contribution in [0, 0.1) is 0 Å². The zero-order chi connectivity index (χ0) is 18.3. The molecular weight excluding hydrogens is 306 g/mol. The number of carbonyl (C=O) groups is 2. The van der Waals surface area contributed by atoms with Crippen molar-refractivity contribution in [3.8, 4) is 0 Å². The summed E-state index contributed by atoms with van der Waals surface area (Å²) in [4.78, 5) is 23.8. The van der Waals surface area contributed by atoms with Crippen LogP contribution >= 0.6 is 0 Å². The summed E-state index contributed by atoms with van der Waals surface area (Å²) in [5.41, 5.74) is 1.43. The Balaban J connectivity index is 2.57. The molecule has 0 radical (unpaired) electrons. The van der Waals surface area contributed by atoms with Crippen LogP contribution in [0.15, 0.2) is 24.3 Å². The van der Waals surface area contributed by atoms with Gasteiger partial charge in [0, 0.05) is 11.2 Å². The minimum atomic E-state index is -0.544. The molecule has 0 saturated carbocycles. The van der Waals surface area contributed by atoms with Gasteiger partial charge >= 0.3 is 6.03 Å². The highest BCUT2D eigenvalue weighted by Gasteiger charge is 2.19. The summed E-state index contributed by atoms with van der Waals surface area (Å²) in [6, 6.07) is 6.63. The maximum atomic E-state index is 12.1. The third-order valence-corrected chi connectivity index (χ3v) is 3.01. The Morgan fingerprint density at radius 2 is 1.83 bits per heavy atom. The lowest BCUT2D eigenvalue weighted by Gasteiger charge is -2.21. The van der Waals surface area contributed by atoms with E-state index in [-0.39, 0.29) is 12.0 Å². The first kappa shape index (κ1) is 20.0. The standard InChI is InChI=1S/C18H29N3O3/c1-12(2)24-11-14-8-7-9-15(10-14)19-13(3)16(22)20-17(23)21-18(4,5)6/h7-10,12-13,19H,11H2,1-6H3,(H2,20,21,22,23)/t13-/m1/s1. The van der Waals surface area contributed by atoms with E-state index in [2.05, 4.69) is 16.0 Å². The van der Waals surface area contributed by atoms with Crippen LogP contribution in [-0.2, 0) is 16.1 Å². The lowest BCUT2D eigenvalue weighted by atomic mass is 10.1. The number of benzene rings is 1. The van der Waals surface area contributed by atoms with E-state index >= 15 is 0 Å². The number of anilines is 1. The van der Waals surface area contributed by atoms with E-state index in [4.69, 9.17) is 4.74 Å². The van der Waals surface area contributed by atoms with E-state index in [1.807, 2.05) is 58.9 Å². The maximum absolute atomic E-state index is 12.1. The van der Waals surface area contributed by atoms with Crippen LogP contribution in [0.25, 0.3) is 0 Å². The summed E-state index contributed by atoms with van der Waals surface area (Å²) in [5, 5.41) is 8.12. The van der Waals surface area contributed by atoms with Crippen molar-refractivity contribution in [3.05, 3.63) is 29.8 Å². The van der Waals surface area contributed by atoms with Crippen molar-refractivity contribution in [3.63, 3.8) is 0 Å². The fourth-order valence-electron chi connectivity index (χ4n) is 1.92. The summed E-state index contributed by atoms with van der Waals surface area (Å²) in [7, 11) is 0. The van der Waals surface area contributed by atoms with Crippen molar-refractivity contribution in [2.24, 2.45) is 0 Å². The van der Waals surface area contributed by atoms with Gasteiger partial charge < -0.3 is 15.4 Å². The monoisotopic (exact) mass is 335 g/mol. The van der Waals surface area contributed by atoms with Crippen molar-refractivity contribution < 1.29 is 14.3 Å². The Morgan fingerprint density at radius 1 is 1.17 bits per heavy atom. The first-order valence-electron chi connectivity index (χ1n) is 8.17. The van der Waals surface area contributed by atoms with Crippen molar-refractivity contribution in [1.82, 2.24) is 10.6 Å². The molecular formula is C18H29N3O3. The summed E-state index contributed by atoms with van der Waals surface area (Å²) < 4.78 is 5.57. The molecule has 1 aromatic rings. The van der Waals surface area contributed by atoms with Crippen molar-refractivity contribution in [1.29, 1.82) is 0 Å². The Bertz CT molecular complexity index is 565. The second-order valence-corrected chi connectivity index (χ2v) is 7.12. The molecule has 134 valence electrons. The number of nitrogens with one attached hydrogen (secondary N) is 3. The van der Waals surface area contributed by atoms with E-state index in [1.54, 1.807) is 6.92 Å². The average molecular weight is 335 g/mol. The van der Waals surface area contributed by atoms with E-state index in [0.717, 1.165) is 11.3 Å². The predicted octanol–water partition coefficient (Wildman–Crippen LogP) is 3.04. The zero-order valence-corrected chi connectivity index (χ0v) is 15.4. The van der Waals surface area contributed by atoms with E-state index in [0.29, 0.717) is 6.61 Å². The molecule has 0 bridgehead atoms. The molecule has 6 heteroatoms. The topological polar surface area (TPSA) is 79.5 Å². The fourth-order valence-corrected chi connectivity index (χ4v) is 1.92. The molecule has 1 aromatic carbocycles. The molecule has 1 rings (SSSR count). The summed E-state index contributed by atoms with van der Waals surface area (Å²) in [6.45, 7) is 11.7. The van der Waals surface area contributed by atoms with Crippen LogP contribution in [0.1, 0.15) is 47.1 Å². The molecule has 3 N–H and O–H groups in total. The lowest BCUT2D eigenvalue weighted by molar-refractivity contribution is -0.120. The predicted molar refractivity (Wildman–Crippen MR) is 95.9 cm³/mol. The molecule has 0 fully saturated rings. The van der Waals surface area contributed by atoms with Crippen LogP contribution in [0.3, 0.4) is 0 Å². The molecule has 1 atom stereocenters. The van der Waals surface area contributed by atoms with Crippen LogP contribution in [0.4, 0.5) is 10.5 Å². The van der Waals surface area contributed by atoms with Gasteiger partial charge in [0.05, 0.1) is 12.7 Å². The maximum Gasteiger partial charge on any atom is 0.321 e. The molecule has 3 amide bonds. The fraction of sp³-hybridized carbons (Fsp3) is 0.556. The van der Waals surface area contributed by atoms with Gasteiger partial charge in [-0.1, -0.05) is 12.1 Å². The quantitative estimate of drug-likeness (QED) is 0.746. The van der Waals surface area contributed by atoms with Gasteiger partial charge in [-0.05, 0) is 59.2 Å². The molecule has 0 aromatic heterocycles. The normalized spacial score (nSPS) is 12.6. The average Bonchev–Trinajstić information content (AvgIpc) is 2.43. The number of amides is 3. The van der Waals surface area contributed by atoms with Gasteiger partial charge in [0.1, 0.15) is 6.04 Å². The van der Waals surface area contributed by atoms with E-state index < -0.39 is 17.6 Å². The Hall–Kier alpha value is -2.08. The summed E-state index contributed by atoms with van der Waals surface area (Å²) in [6.07, 6.45) is 0.160. The second-order valence-electron chi connectivity index (χ2n) is 7.12. The molecule has 0 aliphatic carbocycles. The van der Waals surface area contributed by atoms with Crippen LogP contribution in [-0.4, -0.2) is 29.6 Å². The van der Waals surface area contributed by atoms with Crippen molar-refractivity contribution in [2.75, 3.05) is 5.32 Å². The number of urea groups is 1. The SMILES string of the molecule is CC(C)OCc1cccc(N[C@H](C)C(=O)NC(=O)NC(C)(C)C)c1. The highest BCUT2D eigenvalue weighted by atomic mass is 16.5. The molecule has 0 saturated heterocycles. The molecule has 0 spiro atoms. The lowest BCUT2D eigenvalue weighted by Crippen LogP contribution is -2.51. The van der Waals surface area contributed by atoms with E-state index in [9.17, 15) is 9.59 Å². The third-order valence-electron chi connectivity index (χ3n) is 3.01. The minimum absolute atomic E-state index is 0.160. The van der Waals surface area contributed by atoms with Crippen molar-refractivity contribution >= 4 is 17.6 Å². The van der Waals surface area contributed by atoms with Gasteiger partial charge in [0.15, 0.2) is 0 Å². The van der Waals surface area contributed by atoms with Crippen molar-refractivity contribution in [2.45, 2.75) is 65.8 Å². The molecule has 0 heterocycles. The number of rotatable bonds is 6. The molecule has 0 aliphatic rings. The summed E-state index contributed by atoms with van der Waals surface area (Å²) in [5.74, 6) is -0.388. The number of hydrogen-bond acceptors (Lipinski definition) is 4. The Kier molecular flexibility index (Phi) is 7.22. The highest BCUT2D eigenvalue weighted by molar-refractivity contribution is 5.98. The van der Waals surface area contributed by atoms with Gasteiger partial charge in [-0.2, -0.15) is 0 Å². The molecule has 24 heavy (non-hydrogen) atoms. The second kappa shape index (κ2) is 8.68. The van der Waals surface area contributed by atoms with Crippen LogP contribution < -0.4 is 16.0 Å². The number of ether oxygens (including phenoxy) is 1. The molecule has 0 aliphatic heterocycles. The van der Waals surface area contributed by atoms with Gasteiger partial charge in [-0.3, -0.25) is 10.1 Å². The molecule has 6 nitrogen and oxygen atoms in total. The third kappa shape index (κ3) is 7.97. The smallest absolute Gasteiger partial charge is 0.321 e. The number of hydrogen-bond donors (Lipinski definition) is 3. The molecule has 0 unspecified atom stereocenters. The van der Waals surface area contributed by atoms with Gasteiger partial charge in [-0.25, -0.2) is 4.79 Å². The zero-order valence-electron chi connectivity index (χ0n) is 15.4. The van der Waals surface area contributed by atoms with Crippen LogP contribution in [0.5, 0.6) is 0 Å². The largest absolute Gasteiger partial charge is 0.374 e. The van der Waals surface area contributed by atoms with Gasteiger partial charge in [-0.15, -0.1) is 0 Å². The first-order chi connectivity index (χ1) is 11.1. The van der Waals surface area contributed by atoms with Gasteiger partial charge in [0.25, 0.3) is 0 Å². The van der Waals surface area contributed by atoms with E-state index in [1.165, 1.54) is 0 Å². The Morgan fingerprint density at radius 3 is 2.42 bits per heavy atom. The Labute approximate surface area is 144 Å². The van der Waals surface area contributed by atoms with Crippen LogP contribution in [0.2, 0.25) is 0 Å². The minimum Gasteiger partial charge on any atom is -0.374 e. The van der Waals surface area contributed by atoms with Gasteiger partial charge in [0.2, 0.25) is 5.91 Å². The highest BCUT2D eigenvalue weighted by Crippen LogP contribution is 2.13. The first-order valence-corrected chi connectivity index (χ1v) is 8.17.